The van der Waals surface area contributed by atoms with Gasteiger partial charge in [0, 0.05) is 6.42 Å². The Balaban J connectivity index is 2.42. The number of esters is 1. The highest BCUT2D eigenvalue weighted by Gasteiger charge is 2.11. The van der Waals surface area contributed by atoms with Crippen molar-refractivity contribution in [3.8, 4) is 0 Å². The predicted molar refractivity (Wildman–Crippen MR) is 74.6 cm³/mol. The van der Waals surface area contributed by atoms with E-state index in [9.17, 15) is 4.79 Å². The van der Waals surface area contributed by atoms with Crippen molar-refractivity contribution in [3.63, 3.8) is 0 Å². The van der Waals surface area contributed by atoms with Crippen LogP contribution in [0, 0.1) is 0 Å². The minimum absolute atomic E-state index is 0.0687. The molecule has 1 rings (SSSR count). The van der Waals surface area contributed by atoms with Gasteiger partial charge in [-0.3, -0.25) is 4.79 Å². The lowest BCUT2D eigenvalue weighted by Crippen LogP contribution is -2.09. The fraction of sp³-hybridized carbons (Fsp3) is 0.562. The Hall–Kier alpha value is -1.31. The molecule has 0 aromatic heterocycles. The number of ether oxygens (including phenoxy) is 1. The first kappa shape index (κ1) is 14.7. The Kier molecular flexibility index (Phi) is 7.16. The fourth-order valence-corrected chi connectivity index (χ4v) is 2.14. The van der Waals surface area contributed by atoms with Crippen LogP contribution in [0.15, 0.2) is 30.3 Å². The van der Waals surface area contributed by atoms with E-state index in [4.69, 9.17) is 4.74 Å². The summed E-state index contributed by atoms with van der Waals surface area (Å²) in [6.07, 6.45) is 4.62. The first-order chi connectivity index (χ1) is 8.77. The summed E-state index contributed by atoms with van der Waals surface area (Å²) in [6.45, 7) is 4.72. The second-order valence-corrected chi connectivity index (χ2v) is 4.66. The topological polar surface area (TPSA) is 26.3 Å². The van der Waals surface area contributed by atoms with Crippen molar-refractivity contribution >= 4 is 5.97 Å². The highest BCUT2D eigenvalue weighted by molar-refractivity contribution is 5.69. The summed E-state index contributed by atoms with van der Waals surface area (Å²) in [6, 6.07) is 10.5. The summed E-state index contributed by atoms with van der Waals surface area (Å²) in [5.41, 5.74) is 1.35. The normalized spacial score (nSPS) is 12.1. The monoisotopic (exact) mass is 248 g/mol. The summed E-state index contributed by atoms with van der Waals surface area (Å²) in [5, 5.41) is 0. The van der Waals surface area contributed by atoms with E-state index in [1.807, 2.05) is 13.0 Å². The summed E-state index contributed by atoms with van der Waals surface area (Å²) in [5.74, 6) is 0.437. The van der Waals surface area contributed by atoms with Crippen molar-refractivity contribution in [2.75, 3.05) is 6.61 Å². The van der Waals surface area contributed by atoms with Gasteiger partial charge in [0.1, 0.15) is 0 Å². The lowest BCUT2D eigenvalue weighted by atomic mass is 9.92. The van der Waals surface area contributed by atoms with E-state index in [1.54, 1.807) is 0 Å². The Morgan fingerprint density at radius 1 is 1.11 bits per heavy atom. The van der Waals surface area contributed by atoms with Gasteiger partial charge in [-0.1, -0.05) is 50.6 Å². The summed E-state index contributed by atoms with van der Waals surface area (Å²) < 4.78 is 5.24. The number of carbonyl (C=O) groups is 1. The first-order valence-corrected chi connectivity index (χ1v) is 6.98. The van der Waals surface area contributed by atoms with E-state index in [2.05, 4.69) is 31.2 Å². The molecule has 1 aromatic carbocycles. The zero-order valence-corrected chi connectivity index (χ0v) is 11.5. The molecule has 1 aromatic rings. The molecule has 0 aliphatic heterocycles. The number of hydrogen-bond donors (Lipinski definition) is 0. The van der Waals surface area contributed by atoms with Gasteiger partial charge in [-0.2, -0.15) is 0 Å². The quantitative estimate of drug-likeness (QED) is 0.641. The van der Waals surface area contributed by atoms with Crippen LogP contribution in [-0.2, 0) is 9.53 Å². The molecule has 1 atom stereocenters. The van der Waals surface area contributed by atoms with Crippen LogP contribution in [-0.4, -0.2) is 12.6 Å². The number of hydrogen-bond acceptors (Lipinski definition) is 2. The van der Waals surface area contributed by atoms with Crippen LogP contribution in [0.2, 0.25) is 0 Å². The Morgan fingerprint density at radius 2 is 1.83 bits per heavy atom. The molecule has 0 N–H and O–H groups in total. The molecule has 0 saturated heterocycles. The van der Waals surface area contributed by atoms with Crippen molar-refractivity contribution < 1.29 is 9.53 Å². The van der Waals surface area contributed by atoms with Crippen molar-refractivity contribution in [1.29, 1.82) is 0 Å². The fourth-order valence-electron chi connectivity index (χ4n) is 2.14. The number of rotatable bonds is 8. The first-order valence-electron chi connectivity index (χ1n) is 6.98. The van der Waals surface area contributed by atoms with E-state index in [0.29, 0.717) is 18.9 Å². The average molecular weight is 248 g/mol. The third kappa shape index (κ3) is 5.35. The smallest absolute Gasteiger partial charge is 0.305 e. The number of benzene rings is 1. The van der Waals surface area contributed by atoms with Gasteiger partial charge in [-0.15, -0.1) is 0 Å². The largest absolute Gasteiger partial charge is 0.466 e. The van der Waals surface area contributed by atoms with Crippen LogP contribution < -0.4 is 0 Å². The lowest BCUT2D eigenvalue weighted by Gasteiger charge is -2.16. The summed E-state index contributed by atoms with van der Waals surface area (Å²) >= 11 is 0. The Bertz CT molecular complexity index is 332. The van der Waals surface area contributed by atoms with E-state index >= 15 is 0 Å². The summed E-state index contributed by atoms with van der Waals surface area (Å²) in [4.78, 5) is 11.3. The third-order valence-corrected chi connectivity index (χ3v) is 3.09. The van der Waals surface area contributed by atoms with Crippen molar-refractivity contribution in [1.82, 2.24) is 0 Å². The molecule has 2 nitrogen and oxygen atoms in total. The minimum Gasteiger partial charge on any atom is -0.466 e. The van der Waals surface area contributed by atoms with Gasteiger partial charge in [-0.25, -0.2) is 0 Å². The molecule has 0 aliphatic carbocycles. The van der Waals surface area contributed by atoms with Crippen molar-refractivity contribution in [2.45, 2.75) is 51.9 Å². The molecule has 0 heterocycles. The van der Waals surface area contributed by atoms with E-state index < -0.39 is 0 Å². The van der Waals surface area contributed by atoms with Crippen LogP contribution in [0.25, 0.3) is 0 Å². The van der Waals surface area contributed by atoms with Gasteiger partial charge in [0.15, 0.2) is 0 Å². The van der Waals surface area contributed by atoms with Gasteiger partial charge < -0.3 is 4.74 Å². The third-order valence-electron chi connectivity index (χ3n) is 3.09. The Labute approximate surface area is 110 Å². The second kappa shape index (κ2) is 8.73. The molecular weight excluding hydrogens is 224 g/mol. The average Bonchev–Trinajstić information content (AvgIpc) is 2.39. The minimum atomic E-state index is -0.0687. The molecule has 1 unspecified atom stereocenters. The zero-order valence-electron chi connectivity index (χ0n) is 11.5. The molecule has 0 aliphatic rings. The van der Waals surface area contributed by atoms with Gasteiger partial charge >= 0.3 is 5.97 Å². The molecular formula is C16H24O2. The molecule has 2 heteroatoms. The highest BCUT2D eigenvalue weighted by atomic mass is 16.5. The summed E-state index contributed by atoms with van der Waals surface area (Å²) in [7, 11) is 0. The molecule has 0 fully saturated rings. The maximum Gasteiger partial charge on any atom is 0.305 e. The van der Waals surface area contributed by atoms with Crippen molar-refractivity contribution in [2.24, 2.45) is 0 Å². The lowest BCUT2D eigenvalue weighted by molar-refractivity contribution is -0.143. The second-order valence-electron chi connectivity index (χ2n) is 4.66. The zero-order chi connectivity index (χ0) is 13.2. The highest BCUT2D eigenvalue weighted by Crippen LogP contribution is 2.24. The van der Waals surface area contributed by atoms with Crippen LogP contribution in [0.1, 0.15) is 57.4 Å². The molecule has 0 spiro atoms. The molecule has 18 heavy (non-hydrogen) atoms. The van der Waals surface area contributed by atoms with Gasteiger partial charge in [0.05, 0.1) is 6.61 Å². The van der Waals surface area contributed by atoms with E-state index in [-0.39, 0.29) is 5.97 Å². The molecule has 100 valence electrons. The SMILES string of the molecule is CCCC(=O)OCCC(CCC)c1ccccc1. The van der Waals surface area contributed by atoms with E-state index in [0.717, 1.165) is 25.7 Å². The van der Waals surface area contributed by atoms with Crippen LogP contribution >= 0.6 is 0 Å². The van der Waals surface area contributed by atoms with Gasteiger partial charge in [0.2, 0.25) is 0 Å². The molecule has 0 bridgehead atoms. The van der Waals surface area contributed by atoms with Gasteiger partial charge in [0.25, 0.3) is 0 Å². The molecule has 0 amide bonds. The molecule has 0 saturated carbocycles. The van der Waals surface area contributed by atoms with Crippen LogP contribution in [0.5, 0.6) is 0 Å². The maximum absolute atomic E-state index is 11.3. The van der Waals surface area contributed by atoms with E-state index in [1.165, 1.54) is 5.56 Å². The molecule has 0 radical (unpaired) electrons. The maximum atomic E-state index is 11.3. The predicted octanol–water partition coefficient (Wildman–Crippen LogP) is 4.30. The standard InChI is InChI=1S/C16H24O2/c1-3-8-14(15-10-6-5-7-11-15)12-13-18-16(17)9-4-2/h5-7,10-11,14H,3-4,8-9,12-13H2,1-2H3. The van der Waals surface area contributed by atoms with Crippen LogP contribution in [0.3, 0.4) is 0 Å². The van der Waals surface area contributed by atoms with Gasteiger partial charge in [-0.05, 0) is 30.7 Å². The Morgan fingerprint density at radius 3 is 2.44 bits per heavy atom. The van der Waals surface area contributed by atoms with Crippen molar-refractivity contribution in [3.05, 3.63) is 35.9 Å². The van der Waals surface area contributed by atoms with Crippen LogP contribution in [0.4, 0.5) is 0 Å². The number of carbonyl (C=O) groups excluding carboxylic acids is 1.